The van der Waals surface area contributed by atoms with Crippen LogP contribution in [0.3, 0.4) is 0 Å². The summed E-state index contributed by atoms with van der Waals surface area (Å²) in [5.41, 5.74) is 2.15. The van der Waals surface area contributed by atoms with Gasteiger partial charge in [0.25, 0.3) is 0 Å². The van der Waals surface area contributed by atoms with Crippen molar-refractivity contribution < 1.29 is 9.53 Å². The van der Waals surface area contributed by atoms with Crippen LogP contribution in [0.2, 0.25) is 5.02 Å². The molecule has 0 atom stereocenters. The molecule has 1 aromatic heterocycles. The van der Waals surface area contributed by atoms with Gasteiger partial charge in [-0.25, -0.2) is 9.78 Å². The van der Waals surface area contributed by atoms with Crippen molar-refractivity contribution in [2.45, 2.75) is 13.5 Å². The Morgan fingerprint density at radius 1 is 1.53 bits per heavy atom. The summed E-state index contributed by atoms with van der Waals surface area (Å²) < 4.78 is 4.68. The first-order valence-corrected chi connectivity index (χ1v) is 6.88. The molecule has 0 aliphatic carbocycles. The normalized spacial score (nSPS) is 10.3. The topological polar surface area (TPSA) is 51.2 Å². The standard InChI is InChI=1S/C13H13ClN2O2S/c1-8-7-19-12(16-8)6-15-11-5-9(13(17)18-2)3-4-10(11)14/h3-5,7,15H,6H2,1-2H3. The second kappa shape index (κ2) is 6.04. The van der Waals surface area contributed by atoms with E-state index in [1.54, 1.807) is 29.5 Å². The summed E-state index contributed by atoms with van der Waals surface area (Å²) in [6.45, 7) is 2.52. The molecule has 0 aliphatic heterocycles. The van der Waals surface area contributed by atoms with Crippen molar-refractivity contribution in [2.75, 3.05) is 12.4 Å². The number of methoxy groups -OCH3 is 1. The van der Waals surface area contributed by atoms with E-state index >= 15 is 0 Å². The molecule has 1 heterocycles. The first-order valence-electron chi connectivity index (χ1n) is 5.63. The molecule has 0 unspecified atom stereocenters. The van der Waals surface area contributed by atoms with Crippen LogP contribution in [-0.2, 0) is 11.3 Å². The average molecular weight is 297 g/mol. The average Bonchev–Trinajstić information content (AvgIpc) is 2.82. The highest BCUT2D eigenvalue weighted by Gasteiger charge is 2.09. The molecule has 4 nitrogen and oxygen atoms in total. The highest BCUT2D eigenvalue weighted by atomic mass is 35.5. The Labute approximate surface area is 120 Å². The fourth-order valence-electron chi connectivity index (χ4n) is 1.56. The molecule has 0 bridgehead atoms. The number of aromatic nitrogens is 1. The maximum atomic E-state index is 11.5. The molecule has 1 N–H and O–H groups in total. The predicted octanol–water partition coefficient (Wildman–Crippen LogP) is 3.50. The SMILES string of the molecule is COC(=O)c1ccc(Cl)c(NCc2nc(C)cs2)c1. The van der Waals surface area contributed by atoms with Gasteiger partial charge in [-0.15, -0.1) is 11.3 Å². The number of anilines is 1. The van der Waals surface area contributed by atoms with Crippen molar-refractivity contribution in [2.24, 2.45) is 0 Å². The Morgan fingerprint density at radius 2 is 2.32 bits per heavy atom. The van der Waals surface area contributed by atoms with E-state index in [9.17, 15) is 4.79 Å². The molecule has 1 aromatic carbocycles. The smallest absolute Gasteiger partial charge is 0.337 e. The van der Waals surface area contributed by atoms with E-state index in [-0.39, 0.29) is 5.97 Å². The van der Waals surface area contributed by atoms with Crippen LogP contribution < -0.4 is 5.32 Å². The van der Waals surface area contributed by atoms with Crippen molar-refractivity contribution in [3.63, 3.8) is 0 Å². The minimum absolute atomic E-state index is 0.384. The molecule has 0 spiro atoms. The lowest BCUT2D eigenvalue weighted by Crippen LogP contribution is -2.04. The van der Waals surface area contributed by atoms with E-state index in [0.717, 1.165) is 10.7 Å². The molecule has 0 amide bonds. The van der Waals surface area contributed by atoms with Crippen LogP contribution >= 0.6 is 22.9 Å². The Morgan fingerprint density at radius 3 is 2.95 bits per heavy atom. The lowest BCUT2D eigenvalue weighted by molar-refractivity contribution is 0.0601. The Kier molecular flexibility index (Phi) is 4.39. The number of rotatable bonds is 4. The van der Waals surface area contributed by atoms with Crippen molar-refractivity contribution in [1.29, 1.82) is 0 Å². The van der Waals surface area contributed by atoms with E-state index in [4.69, 9.17) is 11.6 Å². The van der Waals surface area contributed by atoms with Gasteiger partial charge in [0.2, 0.25) is 0 Å². The number of nitrogens with one attached hydrogen (secondary N) is 1. The van der Waals surface area contributed by atoms with Gasteiger partial charge in [0.1, 0.15) is 5.01 Å². The third-order valence-electron chi connectivity index (χ3n) is 2.48. The monoisotopic (exact) mass is 296 g/mol. The van der Waals surface area contributed by atoms with Gasteiger partial charge in [-0.05, 0) is 25.1 Å². The van der Waals surface area contributed by atoms with E-state index in [2.05, 4.69) is 15.0 Å². The predicted molar refractivity (Wildman–Crippen MR) is 77.0 cm³/mol. The summed E-state index contributed by atoms with van der Waals surface area (Å²) in [6.07, 6.45) is 0. The number of hydrogen-bond donors (Lipinski definition) is 1. The van der Waals surface area contributed by atoms with Gasteiger partial charge in [0, 0.05) is 11.1 Å². The third-order valence-corrected chi connectivity index (χ3v) is 3.78. The number of ether oxygens (including phenoxy) is 1. The molecule has 100 valence electrons. The number of halogens is 1. The van der Waals surface area contributed by atoms with Gasteiger partial charge >= 0.3 is 5.97 Å². The molecular formula is C13H13ClN2O2S. The maximum absolute atomic E-state index is 11.5. The summed E-state index contributed by atoms with van der Waals surface area (Å²) in [5.74, 6) is -0.384. The summed E-state index contributed by atoms with van der Waals surface area (Å²) in [5, 5.41) is 6.69. The minimum Gasteiger partial charge on any atom is -0.465 e. The summed E-state index contributed by atoms with van der Waals surface area (Å²) >= 11 is 7.67. The van der Waals surface area contributed by atoms with Crippen molar-refractivity contribution >= 4 is 34.6 Å². The van der Waals surface area contributed by atoms with Gasteiger partial charge in [-0.1, -0.05) is 11.6 Å². The molecule has 0 fully saturated rings. The van der Waals surface area contributed by atoms with E-state index in [0.29, 0.717) is 22.8 Å². The molecule has 0 saturated heterocycles. The zero-order valence-electron chi connectivity index (χ0n) is 10.6. The number of nitrogens with zero attached hydrogens (tertiary/aromatic N) is 1. The fraction of sp³-hybridized carbons (Fsp3) is 0.231. The molecule has 2 aromatic rings. The van der Waals surface area contributed by atoms with Gasteiger partial charge < -0.3 is 10.1 Å². The number of carbonyl (C=O) groups excluding carboxylic acids is 1. The Hall–Kier alpha value is -1.59. The van der Waals surface area contributed by atoms with Crippen LogP contribution in [0.15, 0.2) is 23.6 Å². The first-order chi connectivity index (χ1) is 9.10. The van der Waals surface area contributed by atoms with Crippen LogP contribution in [0, 0.1) is 6.92 Å². The number of benzene rings is 1. The van der Waals surface area contributed by atoms with Crippen molar-refractivity contribution in [3.8, 4) is 0 Å². The van der Waals surface area contributed by atoms with Crippen molar-refractivity contribution in [3.05, 3.63) is 44.9 Å². The van der Waals surface area contributed by atoms with Gasteiger partial charge in [0.15, 0.2) is 0 Å². The van der Waals surface area contributed by atoms with Crippen LogP contribution in [0.25, 0.3) is 0 Å². The molecule has 0 saturated carbocycles. The minimum atomic E-state index is -0.384. The summed E-state index contributed by atoms with van der Waals surface area (Å²) in [4.78, 5) is 15.8. The first kappa shape index (κ1) is 13.8. The molecular weight excluding hydrogens is 284 g/mol. The molecule has 0 aliphatic rings. The lowest BCUT2D eigenvalue weighted by atomic mass is 10.2. The second-order valence-electron chi connectivity index (χ2n) is 3.92. The van der Waals surface area contributed by atoms with Crippen molar-refractivity contribution in [1.82, 2.24) is 4.98 Å². The Bertz CT molecular complexity index is 598. The zero-order valence-corrected chi connectivity index (χ0v) is 12.1. The van der Waals surface area contributed by atoms with Crippen LogP contribution in [0.4, 0.5) is 5.69 Å². The molecule has 0 radical (unpaired) electrons. The Balaban J connectivity index is 2.12. The maximum Gasteiger partial charge on any atom is 0.337 e. The summed E-state index contributed by atoms with van der Waals surface area (Å²) in [7, 11) is 1.35. The molecule has 6 heteroatoms. The van der Waals surface area contributed by atoms with E-state index < -0.39 is 0 Å². The fourth-order valence-corrected chi connectivity index (χ4v) is 2.46. The van der Waals surface area contributed by atoms with Gasteiger partial charge in [-0.2, -0.15) is 0 Å². The van der Waals surface area contributed by atoms with E-state index in [1.165, 1.54) is 7.11 Å². The number of aryl methyl sites for hydroxylation is 1. The van der Waals surface area contributed by atoms with Crippen LogP contribution in [0.1, 0.15) is 21.1 Å². The number of esters is 1. The molecule has 2 rings (SSSR count). The number of thiazole rings is 1. The largest absolute Gasteiger partial charge is 0.465 e. The van der Waals surface area contributed by atoms with Crippen LogP contribution in [0.5, 0.6) is 0 Å². The zero-order chi connectivity index (χ0) is 13.8. The van der Waals surface area contributed by atoms with Crippen LogP contribution in [-0.4, -0.2) is 18.1 Å². The highest BCUT2D eigenvalue weighted by Crippen LogP contribution is 2.24. The molecule has 19 heavy (non-hydrogen) atoms. The third kappa shape index (κ3) is 3.45. The quantitative estimate of drug-likeness (QED) is 0.877. The second-order valence-corrected chi connectivity index (χ2v) is 5.27. The van der Waals surface area contributed by atoms with Gasteiger partial charge in [-0.3, -0.25) is 0 Å². The number of carbonyl (C=O) groups is 1. The highest BCUT2D eigenvalue weighted by molar-refractivity contribution is 7.09. The van der Waals surface area contributed by atoms with E-state index in [1.807, 2.05) is 12.3 Å². The summed E-state index contributed by atoms with van der Waals surface area (Å²) in [6, 6.07) is 4.98. The van der Waals surface area contributed by atoms with Gasteiger partial charge in [0.05, 0.1) is 29.9 Å². The lowest BCUT2D eigenvalue weighted by Gasteiger charge is -2.08. The number of hydrogen-bond acceptors (Lipinski definition) is 5.